The van der Waals surface area contributed by atoms with Crippen LogP contribution in [0.25, 0.3) is 0 Å². The van der Waals surface area contributed by atoms with E-state index in [0.717, 1.165) is 43.0 Å². The van der Waals surface area contributed by atoms with Gasteiger partial charge in [0.25, 0.3) is 0 Å². The highest BCUT2D eigenvalue weighted by Gasteiger charge is 2.45. The number of benzene rings is 2. The number of hydrogen-bond acceptors (Lipinski definition) is 4. The van der Waals surface area contributed by atoms with Gasteiger partial charge in [0, 0.05) is 24.5 Å². The Labute approximate surface area is 166 Å². The maximum absolute atomic E-state index is 13.2. The largest absolute Gasteiger partial charge is 0.497 e. The van der Waals surface area contributed by atoms with Crippen LogP contribution in [0.5, 0.6) is 11.5 Å². The van der Waals surface area contributed by atoms with Crippen LogP contribution in [0.2, 0.25) is 0 Å². The minimum atomic E-state index is 0.203. The maximum atomic E-state index is 13.2. The van der Waals surface area contributed by atoms with Gasteiger partial charge in [-0.25, -0.2) is 0 Å². The number of nitrogens with one attached hydrogen (secondary N) is 1. The second-order valence-electron chi connectivity index (χ2n) is 7.64. The molecule has 2 aromatic carbocycles. The average Bonchev–Trinajstić information content (AvgIpc) is 3.14. The maximum Gasteiger partial charge on any atom is 0.227 e. The smallest absolute Gasteiger partial charge is 0.227 e. The monoisotopic (exact) mass is 380 g/mol. The molecule has 5 heteroatoms. The molecule has 1 amide bonds. The number of carbonyl (C=O) groups is 1. The fraction of sp³-hybridized carbons (Fsp3) is 0.435. The number of nitrogens with zero attached hydrogens (tertiary/aromatic N) is 1. The average molecular weight is 380 g/mol. The Hall–Kier alpha value is -2.53. The van der Waals surface area contributed by atoms with Crippen LogP contribution < -0.4 is 14.8 Å². The number of carbonyl (C=O) groups excluding carboxylic acids is 1. The van der Waals surface area contributed by atoms with E-state index in [0.29, 0.717) is 18.4 Å². The SMILES string of the molecule is COc1ccc(CC(=O)N2C[C@H](c3cccc(OC)c3)[C@H]3NCCC[C@H]32)cc1. The van der Waals surface area contributed by atoms with Gasteiger partial charge in [-0.05, 0) is 54.8 Å². The Balaban J connectivity index is 1.53. The highest BCUT2D eigenvalue weighted by atomic mass is 16.5. The van der Waals surface area contributed by atoms with Crippen LogP contribution in [0.3, 0.4) is 0 Å². The standard InChI is InChI=1S/C23H28N2O3/c1-27-18-10-8-16(9-11-18)13-22(26)25-15-20(23-21(25)7-4-12-24-23)17-5-3-6-19(14-17)28-2/h3,5-6,8-11,14,20-21,23-24H,4,7,12-13,15H2,1-2H3/t20-,21-,23-/m1/s1. The van der Waals surface area contributed by atoms with Crippen LogP contribution in [0, 0.1) is 0 Å². The summed E-state index contributed by atoms with van der Waals surface area (Å²) in [4.78, 5) is 15.3. The van der Waals surface area contributed by atoms with Crippen molar-refractivity contribution in [3.8, 4) is 11.5 Å². The molecule has 0 aromatic heterocycles. The van der Waals surface area contributed by atoms with E-state index >= 15 is 0 Å². The lowest BCUT2D eigenvalue weighted by Gasteiger charge is -2.33. The Bertz CT molecular complexity index is 821. The predicted molar refractivity (Wildman–Crippen MR) is 109 cm³/mol. The molecule has 2 aliphatic heterocycles. The first-order chi connectivity index (χ1) is 13.7. The summed E-state index contributed by atoms with van der Waals surface area (Å²) in [6.45, 7) is 1.77. The van der Waals surface area contributed by atoms with Crippen LogP contribution >= 0.6 is 0 Å². The number of piperidine rings is 1. The minimum Gasteiger partial charge on any atom is -0.497 e. The van der Waals surface area contributed by atoms with Gasteiger partial charge in [0.15, 0.2) is 0 Å². The van der Waals surface area contributed by atoms with E-state index < -0.39 is 0 Å². The van der Waals surface area contributed by atoms with Gasteiger partial charge in [-0.15, -0.1) is 0 Å². The lowest BCUT2D eigenvalue weighted by atomic mass is 9.87. The summed E-state index contributed by atoms with van der Waals surface area (Å²) in [5.41, 5.74) is 2.26. The van der Waals surface area contributed by atoms with Gasteiger partial charge in [0.2, 0.25) is 5.91 Å². The first-order valence-corrected chi connectivity index (χ1v) is 9.99. The van der Waals surface area contributed by atoms with E-state index in [2.05, 4.69) is 22.3 Å². The van der Waals surface area contributed by atoms with Gasteiger partial charge in [0.1, 0.15) is 11.5 Å². The van der Waals surface area contributed by atoms with Crippen molar-refractivity contribution in [2.45, 2.75) is 37.3 Å². The molecule has 0 unspecified atom stereocenters. The number of methoxy groups -OCH3 is 2. The Kier molecular flexibility index (Phi) is 5.53. The van der Waals surface area contributed by atoms with Crippen molar-refractivity contribution in [1.82, 2.24) is 10.2 Å². The fourth-order valence-electron chi connectivity index (χ4n) is 4.61. The van der Waals surface area contributed by atoms with Gasteiger partial charge >= 0.3 is 0 Å². The van der Waals surface area contributed by atoms with Crippen LogP contribution in [-0.4, -0.2) is 50.2 Å². The fourth-order valence-corrected chi connectivity index (χ4v) is 4.61. The van der Waals surface area contributed by atoms with Gasteiger partial charge < -0.3 is 19.7 Å². The number of fused-ring (bicyclic) bond motifs is 1. The molecule has 2 fully saturated rings. The summed E-state index contributed by atoms with van der Waals surface area (Å²) in [6, 6.07) is 16.6. The quantitative estimate of drug-likeness (QED) is 0.866. The van der Waals surface area contributed by atoms with Gasteiger partial charge in [-0.1, -0.05) is 24.3 Å². The van der Waals surface area contributed by atoms with Crippen molar-refractivity contribution in [2.24, 2.45) is 0 Å². The number of hydrogen-bond donors (Lipinski definition) is 1. The molecule has 2 aromatic rings. The number of amides is 1. The summed E-state index contributed by atoms with van der Waals surface area (Å²) in [5.74, 6) is 2.18. The number of ether oxygens (including phenoxy) is 2. The van der Waals surface area contributed by atoms with E-state index in [1.54, 1.807) is 14.2 Å². The lowest BCUT2D eigenvalue weighted by Crippen LogP contribution is -2.49. The molecule has 1 N–H and O–H groups in total. The molecule has 2 saturated heterocycles. The first-order valence-electron chi connectivity index (χ1n) is 9.99. The molecule has 28 heavy (non-hydrogen) atoms. The minimum absolute atomic E-state index is 0.203. The molecule has 2 aliphatic rings. The van der Waals surface area contributed by atoms with Crippen molar-refractivity contribution in [3.05, 3.63) is 59.7 Å². The summed E-state index contributed by atoms with van der Waals surface area (Å²) < 4.78 is 10.6. The zero-order valence-corrected chi connectivity index (χ0v) is 16.6. The predicted octanol–water partition coefficient (Wildman–Crippen LogP) is 2.99. The first kappa shape index (κ1) is 18.8. The lowest BCUT2D eigenvalue weighted by molar-refractivity contribution is -0.131. The van der Waals surface area contributed by atoms with Crippen LogP contribution in [0.4, 0.5) is 0 Å². The third-order valence-electron chi connectivity index (χ3n) is 6.06. The van der Waals surface area contributed by atoms with Crippen molar-refractivity contribution < 1.29 is 14.3 Å². The normalized spacial score (nSPS) is 23.9. The molecule has 148 valence electrons. The molecular weight excluding hydrogens is 352 g/mol. The van der Waals surface area contributed by atoms with Crippen molar-refractivity contribution in [2.75, 3.05) is 27.3 Å². The van der Waals surface area contributed by atoms with Crippen LogP contribution in [0.1, 0.15) is 29.9 Å². The molecular formula is C23H28N2O3. The van der Waals surface area contributed by atoms with Crippen molar-refractivity contribution in [3.63, 3.8) is 0 Å². The zero-order chi connectivity index (χ0) is 19.5. The molecule has 2 heterocycles. The third kappa shape index (κ3) is 3.72. The molecule has 0 saturated carbocycles. The third-order valence-corrected chi connectivity index (χ3v) is 6.06. The molecule has 0 spiro atoms. The highest BCUT2D eigenvalue weighted by Crippen LogP contribution is 2.37. The molecule has 0 aliphatic carbocycles. The topological polar surface area (TPSA) is 50.8 Å². The summed E-state index contributed by atoms with van der Waals surface area (Å²) in [5, 5.41) is 3.68. The summed E-state index contributed by atoms with van der Waals surface area (Å²) in [7, 11) is 3.35. The molecule has 5 nitrogen and oxygen atoms in total. The van der Waals surface area contributed by atoms with Crippen LogP contribution in [-0.2, 0) is 11.2 Å². The van der Waals surface area contributed by atoms with Crippen LogP contribution in [0.15, 0.2) is 48.5 Å². The zero-order valence-electron chi connectivity index (χ0n) is 16.6. The van der Waals surface area contributed by atoms with E-state index in [1.807, 2.05) is 36.4 Å². The highest BCUT2D eigenvalue weighted by molar-refractivity contribution is 5.80. The number of rotatable bonds is 5. The number of likely N-dealkylation sites (tertiary alicyclic amines) is 1. The summed E-state index contributed by atoms with van der Waals surface area (Å²) >= 11 is 0. The van der Waals surface area contributed by atoms with Crippen molar-refractivity contribution >= 4 is 5.91 Å². The van der Waals surface area contributed by atoms with E-state index in [-0.39, 0.29) is 11.9 Å². The van der Waals surface area contributed by atoms with Gasteiger partial charge in [0.05, 0.1) is 20.6 Å². The molecule has 0 bridgehead atoms. The van der Waals surface area contributed by atoms with Crippen molar-refractivity contribution in [1.29, 1.82) is 0 Å². The Morgan fingerprint density at radius 3 is 2.64 bits per heavy atom. The Morgan fingerprint density at radius 1 is 1.11 bits per heavy atom. The second-order valence-corrected chi connectivity index (χ2v) is 7.64. The Morgan fingerprint density at radius 2 is 1.89 bits per heavy atom. The molecule has 4 rings (SSSR count). The van der Waals surface area contributed by atoms with E-state index in [9.17, 15) is 4.79 Å². The van der Waals surface area contributed by atoms with Gasteiger partial charge in [-0.3, -0.25) is 4.79 Å². The van der Waals surface area contributed by atoms with E-state index in [4.69, 9.17) is 9.47 Å². The van der Waals surface area contributed by atoms with Gasteiger partial charge in [-0.2, -0.15) is 0 Å². The second kappa shape index (κ2) is 8.23. The molecule has 0 radical (unpaired) electrons. The molecule has 3 atom stereocenters. The summed E-state index contributed by atoms with van der Waals surface area (Å²) in [6.07, 6.45) is 2.60. The van der Waals surface area contributed by atoms with E-state index in [1.165, 1.54) is 5.56 Å².